The fourth-order valence-electron chi connectivity index (χ4n) is 2.20. The predicted molar refractivity (Wildman–Crippen MR) is 95.6 cm³/mol. The standard InChI is InChI=1S/C16H17N3O5S2/c17-16(20)11-1-7-14(8-2-11)25(21,22)19-13-5-9-15(10-6-13)26(23,24)18-12-3-4-12/h1-2,5-10,12,18-19H,3-4H2,(H2,17,20). The third-order valence-corrected chi connectivity index (χ3v) is 6.70. The number of benzene rings is 2. The highest BCUT2D eigenvalue weighted by Crippen LogP contribution is 2.23. The Morgan fingerprint density at radius 2 is 1.35 bits per heavy atom. The zero-order valence-corrected chi connectivity index (χ0v) is 15.2. The van der Waals surface area contributed by atoms with E-state index in [4.69, 9.17) is 5.73 Å². The molecule has 138 valence electrons. The van der Waals surface area contributed by atoms with Gasteiger partial charge in [-0.05, 0) is 61.4 Å². The summed E-state index contributed by atoms with van der Waals surface area (Å²) in [7, 11) is -7.47. The SMILES string of the molecule is NC(=O)c1ccc(S(=O)(=O)Nc2ccc(S(=O)(=O)NC3CC3)cc2)cc1. The van der Waals surface area contributed by atoms with Crippen LogP contribution in [0.1, 0.15) is 23.2 Å². The first-order valence-electron chi connectivity index (χ1n) is 7.72. The molecular formula is C16H17N3O5S2. The summed E-state index contributed by atoms with van der Waals surface area (Å²) in [4.78, 5) is 11.1. The van der Waals surface area contributed by atoms with E-state index in [2.05, 4.69) is 9.44 Å². The molecule has 1 aliphatic rings. The van der Waals surface area contributed by atoms with Gasteiger partial charge in [0.25, 0.3) is 10.0 Å². The fourth-order valence-corrected chi connectivity index (χ4v) is 4.57. The van der Waals surface area contributed by atoms with Crippen LogP contribution in [-0.4, -0.2) is 28.8 Å². The zero-order chi connectivity index (χ0) is 18.9. The average Bonchev–Trinajstić information content (AvgIpc) is 3.38. The lowest BCUT2D eigenvalue weighted by Crippen LogP contribution is -2.25. The molecule has 1 amide bonds. The lowest BCUT2D eigenvalue weighted by molar-refractivity contribution is 0.1000. The normalized spacial score (nSPS) is 14.8. The van der Waals surface area contributed by atoms with Gasteiger partial charge in [-0.25, -0.2) is 21.6 Å². The van der Waals surface area contributed by atoms with E-state index in [0.29, 0.717) is 0 Å². The second-order valence-corrected chi connectivity index (χ2v) is 9.31. The Labute approximate surface area is 151 Å². The number of nitrogens with two attached hydrogens (primary N) is 1. The van der Waals surface area contributed by atoms with Crippen LogP contribution in [0.25, 0.3) is 0 Å². The zero-order valence-electron chi connectivity index (χ0n) is 13.5. The second kappa shape index (κ2) is 6.71. The molecule has 0 aliphatic heterocycles. The summed E-state index contributed by atoms with van der Waals surface area (Å²) < 4.78 is 53.8. The van der Waals surface area contributed by atoms with E-state index < -0.39 is 26.0 Å². The number of anilines is 1. The van der Waals surface area contributed by atoms with Crippen molar-refractivity contribution in [1.29, 1.82) is 0 Å². The van der Waals surface area contributed by atoms with Crippen molar-refractivity contribution in [2.24, 2.45) is 5.73 Å². The first kappa shape index (κ1) is 18.4. The number of nitrogens with one attached hydrogen (secondary N) is 2. The molecule has 0 aromatic heterocycles. The Kier molecular flexibility index (Phi) is 4.74. The van der Waals surface area contributed by atoms with Gasteiger partial charge < -0.3 is 5.73 Å². The van der Waals surface area contributed by atoms with Gasteiger partial charge in [-0.2, -0.15) is 0 Å². The van der Waals surface area contributed by atoms with Gasteiger partial charge in [-0.3, -0.25) is 9.52 Å². The number of carbonyl (C=O) groups is 1. The van der Waals surface area contributed by atoms with E-state index in [1.165, 1.54) is 48.5 Å². The maximum Gasteiger partial charge on any atom is 0.261 e. The van der Waals surface area contributed by atoms with E-state index in [0.717, 1.165) is 12.8 Å². The fraction of sp³-hybridized carbons (Fsp3) is 0.188. The number of carbonyl (C=O) groups excluding carboxylic acids is 1. The van der Waals surface area contributed by atoms with Crippen molar-refractivity contribution in [2.45, 2.75) is 28.7 Å². The van der Waals surface area contributed by atoms with E-state index in [9.17, 15) is 21.6 Å². The summed E-state index contributed by atoms with van der Waals surface area (Å²) in [6.07, 6.45) is 1.65. The molecule has 4 N–H and O–H groups in total. The van der Waals surface area contributed by atoms with Gasteiger partial charge in [0, 0.05) is 17.3 Å². The van der Waals surface area contributed by atoms with Gasteiger partial charge in [0.2, 0.25) is 15.9 Å². The van der Waals surface area contributed by atoms with Crippen LogP contribution < -0.4 is 15.2 Å². The first-order chi connectivity index (χ1) is 12.2. The second-order valence-electron chi connectivity index (χ2n) is 5.91. The van der Waals surface area contributed by atoms with Gasteiger partial charge in [-0.15, -0.1) is 0 Å². The summed E-state index contributed by atoms with van der Waals surface area (Å²) in [6.45, 7) is 0. The van der Waals surface area contributed by atoms with E-state index in [1.807, 2.05) is 0 Å². The maximum atomic E-state index is 12.4. The largest absolute Gasteiger partial charge is 0.366 e. The molecule has 1 saturated carbocycles. The quantitative estimate of drug-likeness (QED) is 0.643. The lowest BCUT2D eigenvalue weighted by atomic mass is 10.2. The van der Waals surface area contributed by atoms with Crippen molar-refractivity contribution in [3.63, 3.8) is 0 Å². The van der Waals surface area contributed by atoms with Crippen LogP contribution in [-0.2, 0) is 20.0 Å². The van der Waals surface area contributed by atoms with E-state index >= 15 is 0 Å². The molecule has 3 rings (SSSR count). The molecule has 8 nitrogen and oxygen atoms in total. The first-order valence-corrected chi connectivity index (χ1v) is 10.7. The predicted octanol–water partition coefficient (Wildman–Crippen LogP) is 1.03. The molecule has 1 aliphatic carbocycles. The molecule has 0 atom stereocenters. The number of primary amides is 1. The monoisotopic (exact) mass is 395 g/mol. The minimum absolute atomic E-state index is 0.0125. The Hall–Kier alpha value is -2.43. The summed E-state index contributed by atoms with van der Waals surface area (Å²) >= 11 is 0. The van der Waals surface area contributed by atoms with Crippen molar-refractivity contribution in [3.8, 4) is 0 Å². The maximum absolute atomic E-state index is 12.4. The highest BCUT2D eigenvalue weighted by molar-refractivity contribution is 7.92. The molecule has 0 unspecified atom stereocenters. The van der Waals surface area contributed by atoms with Crippen LogP contribution in [0.5, 0.6) is 0 Å². The molecule has 26 heavy (non-hydrogen) atoms. The minimum atomic E-state index is -3.88. The summed E-state index contributed by atoms with van der Waals surface area (Å²) in [5.41, 5.74) is 5.53. The van der Waals surface area contributed by atoms with Gasteiger partial charge in [0.1, 0.15) is 0 Å². The molecule has 1 fully saturated rings. The van der Waals surface area contributed by atoms with Crippen molar-refractivity contribution >= 4 is 31.6 Å². The van der Waals surface area contributed by atoms with Gasteiger partial charge >= 0.3 is 0 Å². The van der Waals surface area contributed by atoms with Gasteiger partial charge in [0.05, 0.1) is 9.79 Å². The summed E-state index contributed by atoms with van der Waals surface area (Å²) in [5, 5.41) is 0. The number of rotatable bonds is 7. The van der Waals surface area contributed by atoms with Crippen LogP contribution in [0.15, 0.2) is 58.3 Å². The van der Waals surface area contributed by atoms with Crippen LogP contribution in [0.2, 0.25) is 0 Å². The smallest absolute Gasteiger partial charge is 0.261 e. The highest BCUT2D eigenvalue weighted by atomic mass is 32.2. The molecule has 0 saturated heterocycles. The minimum Gasteiger partial charge on any atom is -0.366 e. The number of sulfonamides is 2. The highest BCUT2D eigenvalue weighted by Gasteiger charge is 2.28. The number of hydrogen-bond donors (Lipinski definition) is 3. The molecule has 0 spiro atoms. The molecule has 0 heterocycles. The van der Waals surface area contributed by atoms with Crippen molar-refractivity contribution in [3.05, 3.63) is 54.1 Å². The van der Waals surface area contributed by atoms with Crippen LogP contribution in [0.4, 0.5) is 5.69 Å². The Balaban J connectivity index is 1.76. The Bertz CT molecular complexity index is 1030. The van der Waals surface area contributed by atoms with Crippen LogP contribution in [0.3, 0.4) is 0 Å². The Morgan fingerprint density at radius 3 is 1.85 bits per heavy atom. The van der Waals surface area contributed by atoms with Gasteiger partial charge in [0.15, 0.2) is 0 Å². The van der Waals surface area contributed by atoms with Crippen LogP contribution in [0, 0.1) is 0 Å². The average molecular weight is 395 g/mol. The summed E-state index contributed by atoms with van der Waals surface area (Å²) in [6, 6.07) is 10.6. The van der Waals surface area contributed by atoms with E-state index in [1.54, 1.807) is 0 Å². The number of amides is 1. The molecule has 2 aromatic carbocycles. The lowest BCUT2D eigenvalue weighted by Gasteiger charge is -2.10. The Morgan fingerprint density at radius 1 is 0.846 bits per heavy atom. The number of hydrogen-bond acceptors (Lipinski definition) is 5. The van der Waals surface area contributed by atoms with Gasteiger partial charge in [-0.1, -0.05) is 0 Å². The summed E-state index contributed by atoms with van der Waals surface area (Å²) in [5.74, 6) is -0.654. The van der Waals surface area contributed by atoms with Crippen molar-refractivity contribution in [1.82, 2.24) is 4.72 Å². The molecular weight excluding hydrogens is 378 g/mol. The van der Waals surface area contributed by atoms with Crippen LogP contribution >= 0.6 is 0 Å². The third kappa shape index (κ3) is 4.21. The molecule has 10 heteroatoms. The molecule has 0 bridgehead atoms. The van der Waals surface area contributed by atoms with E-state index in [-0.39, 0.29) is 27.1 Å². The molecule has 0 radical (unpaired) electrons. The topological polar surface area (TPSA) is 135 Å². The van der Waals surface area contributed by atoms with Crippen molar-refractivity contribution in [2.75, 3.05) is 4.72 Å². The van der Waals surface area contributed by atoms with Crippen molar-refractivity contribution < 1.29 is 21.6 Å². The molecule has 2 aromatic rings. The third-order valence-electron chi connectivity index (χ3n) is 3.77.